The van der Waals surface area contributed by atoms with Crippen LogP contribution in [0.5, 0.6) is 0 Å². The molecule has 0 saturated heterocycles. The molecule has 2 aromatic carbocycles. The van der Waals surface area contributed by atoms with Gasteiger partial charge in [0.1, 0.15) is 0 Å². The van der Waals surface area contributed by atoms with Gasteiger partial charge in [0.05, 0.1) is 5.56 Å². The van der Waals surface area contributed by atoms with E-state index in [2.05, 4.69) is 12.1 Å². The van der Waals surface area contributed by atoms with Crippen molar-refractivity contribution in [3.05, 3.63) is 58.7 Å². The number of carbonyl (C=O) groups is 1. The third kappa shape index (κ3) is 1.37. The van der Waals surface area contributed by atoms with Crippen LogP contribution in [0.25, 0.3) is 11.1 Å². The van der Waals surface area contributed by atoms with Crippen molar-refractivity contribution in [1.82, 2.24) is 0 Å². The van der Waals surface area contributed by atoms with Crippen LogP contribution in [0.1, 0.15) is 27.0 Å². The molecule has 0 radical (unpaired) electrons. The zero-order valence-corrected chi connectivity index (χ0v) is 9.53. The second-order valence-corrected chi connectivity index (χ2v) is 4.40. The fourth-order valence-corrected chi connectivity index (χ4v) is 2.60. The predicted molar refractivity (Wildman–Crippen MR) is 66.4 cm³/mol. The molecule has 2 nitrogen and oxygen atoms in total. The Hall–Kier alpha value is -2.09. The molecule has 2 aromatic rings. The molecular weight excluding hydrogens is 212 g/mol. The third-order valence-corrected chi connectivity index (χ3v) is 3.50. The normalized spacial score (nSPS) is 12.1. The van der Waals surface area contributed by atoms with Gasteiger partial charge in [0.25, 0.3) is 0 Å². The molecule has 0 heterocycles. The molecular formula is C15H12O2. The average Bonchev–Trinajstić information content (AvgIpc) is 2.69. The van der Waals surface area contributed by atoms with Gasteiger partial charge >= 0.3 is 5.97 Å². The zero-order valence-electron chi connectivity index (χ0n) is 9.53. The summed E-state index contributed by atoms with van der Waals surface area (Å²) in [5.41, 5.74) is 6.17. The number of carboxylic acid groups (broad SMARTS) is 1. The molecule has 0 bridgehead atoms. The first kappa shape index (κ1) is 10.1. The topological polar surface area (TPSA) is 37.3 Å². The summed E-state index contributed by atoms with van der Waals surface area (Å²) >= 11 is 0. The van der Waals surface area contributed by atoms with Gasteiger partial charge in [-0.15, -0.1) is 0 Å². The van der Waals surface area contributed by atoms with Crippen molar-refractivity contribution in [2.45, 2.75) is 13.3 Å². The van der Waals surface area contributed by atoms with E-state index in [1.165, 1.54) is 16.7 Å². The fraction of sp³-hybridized carbons (Fsp3) is 0.133. The maximum Gasteiger partial charge on any atom is 0.335 e. The maximum atomic E-state index is 11.1. The van der Waals surface area contributed by atoms with E-state index in [1.807, 2.05) is 25.1 Å². The highest BCUT2D eigenvalue weighted by atomic mass is 16.4. The highest BCUT2D eigenvalue weighted by Gasteiger charge is 2.22. The van der Waals surface area contributed by atoms with Crippen molar-refractivity contribution in [2.75, 3.05) is 0 Å². The van der Waals surface area contributed by atoms with Gasteiger partial charge in [-0.05, 0) is 47.2 Å². The summed E-state index contributed by atoms with van der Waals surface area (Å²) in [4.78, 5) is 11.1. The molecule has 0 aromatic heterocycles. The van der Waals surface area contributed by atoms with Crippen LogP contribution in [0.15, 0.2) is 36.4 Å². The van der Waals surface area contributed by atoms with Crippen LogP contribution in [-0.4, -0.2) is 11.1 Å². The van der Waals surface area contributed by atoms with E-state index in [4.69, 9.17) is 5.11 Å². The molecule has 1 aliphatic rings. The van der Waals surface area contributed by atoms with Crippen molar-refractivity contribution in [2.24, 2.45) is 0 Å². The minimum absolute atomic E-state index is 0.413. The number of hydrogen-bond acceptors (Lipinski definition) is 1. The molecule has 0 unspecified atom stereocenters. The zero-order chi connectivity index (χ0) is 12.0. The van der Waals surface area contributed by atoms with Crippen molar-refractivity contribution in [3.8, 4) is 11.1 Å². The van der Waals surface area contributed by atoms with E-state index in [0.717, 1.165) is 17.5 Å². The van der Waals surface area contributed by atoms with Crippen molar-refractivity contribution >= 4 is 5.97 Å². The molecule has 0 spiro atoms. The maximum absolute atomic E-state index is 11.1. The average molecular weight is 224 g/mol. The molecule has 1 N–H and O–H groups in total. The van der Waals surface area contributed by atoms with E-state index < -0.39 is 5.97 Å². The van der Waals surface area contributed by atoms with E-state index in [0.29, 0.717) is 5.56 Å². The molecule has 3 rings (SSSR count). The van der Waals surface area contributed by atoms with Crippen LogP contribution >= 0.6 is 0 Å². The number of hydrogen-bond donors (Lipinski definition) is 1. The van der Waals surface area contributed by atoms with Crippen LogP contribution < -0.4 is 0 Å². The van der Waals surface area contributed by atoms with Gasteiger partial charge in [0.2, 0.25) is 0 Å². The lowest BCUT2D eigenvalue weighted by Gasteiger charge is -2.07. The second kappa shape index (κ2) is 3.45. The molecule has 0 atom stereocenters. The lowest BCUT2D eigenvalue weighted by molar-refractivity contribution is 0.0696. The Morgan fingerprint density at radius 3 is 2.65 bits per heavy atom. The van der Waals surface area contributed by atoms with Crippen LogP contribution in [0.2, 0.25) is 0 Å². The largest absolute Gasteiger partial charge is 0.478 e. The van der Waals surface area contributed by atoms with Gasteiger partial charge in [-0.25, -0.2) is 4.79 Å². The molecule has 0 fully saturated rings. The molecule has 84 valence electrons. The van der Waals surface area contributed by atoms with E-state index in [-0.39, 0.29) is 0 Å². The Morgan fingerprint density at radius 2 is 1.88 bits per heavy atom. The van der Waals surface area contributed by atoms with E-state index >= 15 is 0 Å². The first-order valence-corrected chi connectivity index (χ1v) is 5.62. The van der Waals surface area contributed by atoms with Gasteiger partial charge in [-0.2, -0.15) is 0 Å². The highest BCUT2D eigenvalue weighted by molar-refractivity contribution is 5.92. The monoisotopic (exact) mass is 224 g/mol. The minimum atomic E-state index is -0.846. The molecule has 0 saturated carbocycles. The first-order valence-electron chi connectivity index (χ1n) is 5.62. The van der Waals surface area contributed by atoms with Crippen LogP contribution in [0, 0.1) is 6.92 Å². The van der Waals surface area contributed by atoms with Gasteiger partial charge in [-0.1, -0.05) is 30.3 Å². The smallest absolute Gasteiger partial charge is 0.335 e. The van der Waals surface area contributed by atoms with Crippen molar-refractivity contribution < 1.29 is 9.90 Å². The molecule has 0 amide bonds. The quantitative estimate of drug-likeness (QED) is 0.688. The van der Waals surface area contributed by atoms with Gasteiger partial charge < -0.3 is 5.11 Å². The second-order valence-electron chi connectivity index (χ2n) is 4.40. The Morgan fingerprint density at radius 1 is 1.12 bits per heavy atom. The van der Waals surface area contributed by atoms with Crippen LogP contribution in [0.3, 0.4) is 0 Å². The summed E-state index contributed by atoms with van der Waals surface area (Å²) in [6, 6.07) is 11.9. The van der Waals surface area contributed by atoms with Crippen LogP contribution in [0.4, 0.5) is 0 Å². The Bertz CT molecular complexity index is 627. The summed E-state index contributed by atoms with van der Waals surface area (Å²) in [6.45, 7) is 1.90. The van der Waals surface area contributed by atoms with Gasteiger partial charge in [0.15, 0.2) is 0 Å². The minimum Gasteiger partial charge on any atom is -0.478 e. The molecule has 17 heavy (non-hydrogen) atoms. The number of carboxylic acids is 1. The summed E-state index contributed by atoms with van der Waals surface area (Å²) in [6.07, 6.45) is 0.846. The molecule has 2 heteroatoms. The standard InChI is InChI=1S/C15H12O2/c1-9-11(15(16)17)6-7-13-12-5-3-2-4-10(12)8-14(9)13/h2-7H,8H2,1H3,(H,16,17). The summed E-state index contributed by atoms with van der Waals surface area (Å²) in [7, 11) is 0. The number of benzene rings is 2. The Labute approximate surface area is 99.5 Å². The Kier molecular flexibility index (Phi) is 2.05. The summed E-state index contributed by atoms with van der Waals surface area (Å²) < 4.78 is 0. The van der Waals surface area contributed by atoms with Crippen molar-refractivity contribution in [1.29, 1.82) is 0 Å². The molecule has 0 aliphatic heterocycles. The number of aromatic carboxylic acids is 1. The number of rotatable bonds is 1. The van der Waals surface area contributed by atoms with Crippen molar-refractivity contribution in [3.63, 3.8) is 0 Å². The lowest BCUT2D eigenvalue weighted by atomic mass is 9.97. The SMILES string of the molecule is Cc1c(C(=O)O)ccc2c1Cc1ccccc1-2. The summed E-state index contributed by atoms with van der Waals surface area (Å²) in [5.74, 6) is -0.846. The fourth-order valence-electron chi connectivity index (χ4n) is 2.60. The van der Waals surface area contributed by atoms with Crippen LogP contribution in [-0.2, 0) is 6.42 Å². The predicted octanol–water partition coefficient (Wildman–Crippen LogP) is 3.26. The molecule has 1 aliphatic carbocycles. The highest BCUT2D eigenvalue weighted by Crippen LogP contribution is 2.38. The van der Waals surface area contributed by atoms with E-state index in [9.17, 15) is 4.79 Å². The lowest BCUT2D eigenvalue weighted by Crippen LogP contribution is -2.02. The van der Waals surface area contributed by atoms with Gasteiger partial charge in [-0.3, -0.25) is 0 Å². The first-order chi connectivity index (χ1) is 8.18. The number of fused-ring (bicyclic) bond motifs is 3. The van der Waals surface area contributed by atoms with Gasteiger partial charge in [0, 0.05) is 0 Å². The van der Waals surface area contributed by atoms with E-state index in [1.54, 1.807) is 6.07 Å². The summed E-state index contributed by atoms with van der Waals surface area (Å²) in [5, 5.41) is 9.11. The Balaban J connectivity index is 2.25. The third-order valence-electron chi connectivity index (χ3n) is 3.50.